The number of hydrazine groups is 1. The number of anilines is 1. The molecule has 0 saturated carbocycles. The van der Waals surface area contributed by atoms with E-state index in [-0.39, 0.29) is 0 Å². The number of amidine groups is 1. The first kappa shape index (κ1) is 23.5. The molecular formula is C15H8Cl2F9N5. The fourth-order valence-corrected chi connectivity index (χ4v) is 3.62. The van der Waals surface area contributed by atoms with Gasteiger partial charge in [0.05, 0.1) is 26.9 Å². The second kappa shape index (κ2) is 7.17. The van der Waals surface area contributed by atoms with Crippen LogP contribution >= 0.6 is 23.2 Å². The van der Waals surface area contributed by atoms with Gasteiger partial charge in [0.25, 0.3) is 0 Å². The zero-order valence-electron chi connectivity index (χ0n) is 14.8. The van der Waals surface area contributed by atoms with Crippen molar-refractivity contribution in [3.05, 3.63) is 39.1 Å². The first-order chi connectivity index (χ1) is 13.9. The molecule has 0 spiro atoms. The van der Waals surface area contributed by atoms with Gasteiger partial charge in [-0.1, -0.05) is 23.2 Å². The van der Waals surface area contributed by atoms with Crippen LogP contribution in [-0.4, -0.2) is 42.1 Å². The van der Waals surface area contributed by atoms with Crippen molar-refractivity contribution in [1.82, 2.24) is 5.01 Å². The molecule has 1 aromatic carbocycles. The Hall–Kier alpha value is -2.19. The summed E-state index contributed by atoms with van der Waals surface area (Å²) < 4.78 is 118. The zero-order valence-corrected chi connectivity index (χ0v) is 16.3. The van der Waals surface area contributed by atoms with Gasteiger partial charge in [-0.25, -0.2) is 9.98 Å². The molecule has 31 heavy (non-hydrogen) atoms. The van der Waals surface area contributed by atoms with E-state index in [1.165, 1.54) is 0 Å². The van der Waals surface area contributed by atoms with E-state index in [0.717, 1.165) is 12.1 Å². The molecule has 0 fully saturated rings. The molecule has 0 radical (unpaired) electrons. The highest BCUT2D eigenvalue weighted by Crippen LogP contribution is 2.46. The minimum absolute atomic E-state index is 0.444. The van der Waals surface area contributed by atoms with E-state index in [9.17, 15) is 39.5 Å². The van der Waals surface area contributed by atoms with Gasteiger partial charge in [-0.15, -0.1) is 0 Å². The number of hydrogen-bond donors (Lipinski definition) is 1. The number of fused-ring (bicyclic) bond motifs is 1. The molecule has 0 aromatic heterocycles. The minimum atomic E-state index is -5.35. The van der Waals surface area contributed by atoms with Crippen LogP contribution in [0.4, 0.5) is 45.2 Å². The molecule has 0 aliphatic carbocycles. The van der Waals surface area contributed by atoms with Crippen LogP contribution in [0, 0.1) is 0 Å². The van der Waals surface area contributed by atoms with E-state index in [1.54, 1.807) is 0 Å². The van der Waals surface area contributed by atoms with Gasteiger partial charge in [0.15, 0.2) is 11.9 Å². The van der Waals surface area contributed by atoms with Crippen LogP contribution < -0.4 is 10.7 Å². The van der Waals surface area contributed by atoms with Crippen molar-refractivity contribution in [3.8, 4) is 0 Å². The molecule has 2 N–H and O–H groups in total. The van der Waals surface area contributed by atoms with E-state index in [4.69, 9.17) is 28.9 Å². The Bertz CT molecular complexity index is 1000. The number of nitrogens with zero attached hydrogens (tertiary/aromatic N) is 4. The van der Waals surface area contributed by atoms with Gasteiger partial charge in [0.1, 0.15) is 5.82 Å². The SMILES string of the molecule is CN1C2N=C(C(F)(F)F)N=C(C(F)(F)F)C2=C(N)N1c1c(Cl)cc(C(F)(F)F)cc1Cl. The standard InChI is InChI=1S/C15H8Cl2F9N5/c1-30-11-7(9(14(21,22)23)28-12(29-11)15(24,25)26)10(27)31(30)8-5(16)2-4(3-6(8)17)13(18,19)20/h2-3,11H,27H2,1H3. The van der Waals surface area contributed by atoms with Gasteiger partial charge in [-0.2, -0.15) is 44.5 Å². The summed E-state index contributed by atoms with van der Waals surface area (Å²) in [6, 6.07) is 0.888. The van der Waals surface area contributed by atoms with E-state index >= 15 is 0 Å². The maximum absolute atomic E-state index is 13.5. The number of aliphatic imine (C=N–C) groups is 2. The molecule has 0 bridgehead atoms. The summed E-state index contributed by atoms with van der Waals surface area (Å²) in [5.41, 5.74) is 1.12. The number of alkyl halides is 9. The molecule has 1 unspecified atom stereocenters. The lowest BCUT2D eigenvalue weighted by Crippen LogP contribution is -2.44. The summed E-state index contributed by atoms with van der Waals surface area (Å²) in [5.74, 6) is -2.86. The van der Waals surface area contributed by atoms with Gasteiger partial charge in [0, 0.05) is 7.05 Å². The van der Waals surface area contributed by atoms with E-state index in [1.807, 2.05) is 0 Å². The summed E-state index contributed by atoms with van der Waals surface area (Å²) in [4.78, 5) is 5.77. The Balaban J connectivity index is 2.22. The van der Waals surface area contributed by atoms with E-state index in [0.29, 0.717) is 17.1 Å². The number of rotatable bonds is 1. The van der Waals surface area contributed by atoms with Crippen LogP contribution in [0.3, 0.4) is 0 Å². The van der Waals surface area contributed by atoms with Crippen molar-refractivity contribution in [3.63, 3.8) is 0 Å². The van der Waals surface area contributed by atoms with Crippen molar-refractivity contribution in [1.29, 1.82) is 0 Å². The normalized spacial score (nSPS) is 20.8. The zero-order chi connectivity index (χ0) is 23.7. The molecule has 5 nitrogen and oxygen atoms in total. The third kappa shape index (κ3) is 4.03. The highest BCUT2D eigenvalue weighted by Gasteiger charge is 2.53. The summed E-state index contributed by atoms with van der Waals surface area (Å²) in [6.45, 7) is 0. The quantitative estimate of drug-likeness (QED) is 0.543. The van der Waals surface area contributed by atoms with Gasteiger partial charge in [-0.05, 0) is 12.1 Å². The number of halogens is 11. The van der Waals surface area contributed by atoms with Crippen molar-refractivity contribution < 1.29 is 39.5 Å². The van der Waals surface area contributed by atoms with Crippen LogP contribution in [0.15, 0.2) is 33.5 Å². The first-order valence-corrected chi connectivity index (χ1v) is 8.60. The fourth-order valence-electron chi connectivity index (χ4n) is 2.98. The van der Waals surface area contributed by atoms with E-state index < -0.39 is 68.9 Å². The van der Waals surface area contributed by atoms with Gasteiger partial charge >= 0.3 is 18.5 Å². The third-order valence-electron chi connectivity index (χ3n) is 4.23. The lowest BCUT2D eigenvalue weighted by atomic mass is 10.1. The minimum Gasteiger partial charge on any atom is -0.384 e. The summed E-state index contributed by atoms with van der Waals surface area (Å²) in [5, 5.41) is 0.0327. The Labute approximate surface area is 177 Å². The maximum atomic E-state index is 13.5. The molecule has 170 valence electrons. The number of hydrogen-bond acceptors (Lipinski definition) is 5. The predicted octanol–water partition coefficient (Wildman–Crippen LogP) is 5.15. The number of likely N-dealkylation sites (N-methyl/N-ethyl adjacent to an activating group) is 1. The van der Waals surface area contributed by atoms with Crippen LogP contribution in [-0.2, 0) is 6.18 Å². The Kier molecular flexibility index (Phi) is 5.43. The lowest BCUT2D eigenvalue weighted by molar-refractivity contribution is -0.137. The Morgan fingerprint density at radius 3 is 1.84 bits per heavy atom. The van der Waals surface area contributed by atoms with Crippen LogP contribution in [0.25, 0.3) is 0 Å². The van der Waals surface area contributed by atoms with E-state index in [2.05, 4.69) is 9.98 Å². The molecule has 3 rings (SSSR count). The molecule has 2 aliphatic rings. The predicted molar refractivity (Wildman–Crippen MR) is 93.7 cm³/mol. The van der Waals surface area contributed by atoms with Crippen molar-refractivity contribution in [2.45, 2.75) is 24.7 Å². The molecular weight excluding hydrogens is 492 g/mol. The molecule has 2 heterocycles. The van der Waals surface area contributed by atoms with Crippen LogP contribution in [0.5, 0.6) is 0 Å². The van der Waals surface area contributed by atoms with Gasteiger partial charge in [-0.3, -0.25) is 5.01 Å². The lowest BCUT2D eigenvalue weighted by Gasteiger charge is -2.32. The largest absolute Gasteiger partial charge is 0.451 e. The molecule has 0 amide bonds. The number of benzene rings is 1. The summed E-state index contributed by atoms with van der Waals surface area (Å²) in [7, 11) is 1.01. The summed E-state index contributed by atoms with van der Waals surface area (Å²) >= 11 is 11.8. The molecule has 1 atom stereocenters. The molecule has 0 saturated heterocycles. The topological polar surface area (TPSA) is 57.2 Å². The fraction of sp³-hybridized carbons (Fsp3) is 0.333. The average molecular weight is 500 g/mol. The highest BCUT2D eigenvalue weighted by molar-refractivity contribution is 6.39. The maximum Gasteiger partial charge on any atom is 0.451 e. The Morgan fingerprint density at radius 1 is 0.903 bits per heavy atom. The number of nitrogens with two attached hydrogens (primary N) is 1. The van der Waals surface area contributed by atoms with Crippen molar-refractivity contribution >= 4 is 40.4 Å². The highest BCUT2D eigenvalue weighted by atomic mass is 35.5. The van der Waals surface area contributed by atoms with Crippen LogP contribution in [0.1, 0.15) is 5.56 Å². The average Bonchev–Trinajstić information content (AvgIpc) is 2.83. The van der Waals surface area contributed by atoms with Crippen molar-refractivity contribution in [2.75, 3.05) is 12.1 Å². The molecule has 16 heteroatoms. The first-order valence-electron chi connectivity index (χ1n) is 7.84. The van der Waals surface area contributed by atoms with Gasteiger partial charge in [0.2, 0.25) is 5.84 Å². The monoisotopic (exact) mass is 499 g/mol. The Morgan fingerprint density at radius 2 is 1.42 bits per heavy atom. The molecule has 1 aromatic rings. The smallest absolute Gasteiger partial charge is 0.384 e. The third-order valence-corrected chi connectivity index (χ3v) is 4.80. The second-order valence-electron chi connectivity index (χ2n) is 6.25. The molecule has 2 aliphatic heterocycles. The van der Waals surface area contributed by atoms with Crippen LogP contribution in [0.2, 0.25) is 10.0 Å². The van der Waals surface area contributed by atoms with Gasteiger partial charge < -0.3 is 5.73 Å². The van der Waals surface area contributed by atoms with Crippen molar-refractivity contribution in [2.24, 2.45) is 15.7 Å². The second-order valence-corrected chi connectivity index (χ2v) is 7.07. The summed E-state index contributed by atoms with van der Waals surface area (Å²) in [6.07, 6.45) is -17.5.